The molecule has 0 saturated carbocycles. The molecule has 1 amide bonds. The van der Waals surface area contributed by atoms with Gasteiger partial charge in [0.1, 0.15) is 0 Å². The second-order valence-electron chi connectivity index (χ2n) is 5.17. The van der Waals surface area contributed by atoms with Crippen molar-refractivity contribution in [3.05, 3.63) is 29.3 Å². The lowest BCUT2D eigenvalue weighted by Crippen LogP contribution is -2.43. The van der Waals surface area contributed by atoms with Crippen molar-refractivity contribution in [2.24, 2.45) is 0 Å². The van der Waals surface area contributed by atoms with Crippen molar-refractivity contribution in [2.75, 3.05) is 32.0 Å². The summed E-state index contributed by atoms with van der Waals surface area (Å²) in [6.07, 6.45) is 1.47. The first-order valence-electron chi connectivity index (χ1n) is 6.57. The smallest absolute Gasteiger partial charge is 0.224 e. The number of likely N-dealkylation sites (N-methyl/N-ethyl adjacent to an activating group) is 1. The van der Waals surface area contributed by atoms with E-state index in [1.165, 1.54) is 11.1 Å². The van der Waals surface area contributed by atoms with Crippen LogP contribution in [0.1, 0.15) is 23.6 Å². The highest BCUT2D eigenvalue weighted by molar-refractivity contribution is 5.93. The van der Waals surface area contributed by atoms with E-state index in [4.69, 9.17) is 0 Å². The molecule has 1 atom stereocenters. The average Bonchev–Trinajstić information content (AvgIpc) is 2.39. The second-order valence-corrected chi connectivity index (χ2v) is 5.17. The van der Waals surface area contributed by atoms with Crippen molar-refractivity contribution >= 4 is 11.6 Å². The van der Waals surface area contributed by atoms with Crippen LogP contribution in [0.2, 0.25) is 0 Å². The van der Waals surface area contributed by atoms with Gasteiger partial charge in [-0.1, -0.05) is 12.1 Å². The maximum Gasteiger partial charge on any atom is 0.224 e. The quantitative estimate of drug-likeness (QED) is 0.780. The van der Waals surface area contributed by atoms with Crippen LogP contribution < -0.4 is 10.6 Å². The first kappa shape index (κ1) is 11.7. The minimum absolute atomic E-state index is 0.131. The summed E-state index contributed by atoms with van der Waals surface area (Å²) in [7, 11) is 2.17. The highest BCUT2D eigenvalue weighted by Gasteiger charge is 2.22. The Kier molecular flexibility index (Phi) is 3.06. The number of piperazine rings is 1. The third-order valence-corrected chi connectivity index (χ3v) is 3.92. The molecule has 2 aliphatic heterocycles. The predicted molar refractivity (Wildman–Crippen MR) is 71.6 cm³/mol. The van der Waals surface area contributed by atoms with Crippen molar-refractivity contribution in [3.8, 4) is 0 Å². The van der Waals surface area contributed by atoms with Crippen LogP contribution >= 0.6 is 0 Å². The second kappa shape index (κ2) is 4.71. The van der Waals surface area contributed by atoms with Gasteiger partial charge in [0.25, 0.3) is 0 Å². The Morgan fingerprint density at radius 2 is 2.22 bits per heavy atom. The van der Waals surface area contributed by atoms with Crippen LogP contribution in [0.4, 0.5) is 5.69 Å². The van der Waals surface area contributed by atoms with E-state index >= 15 is 0 Å². The fourth-order valence-electron chi connectivity index (χ4n) is 2.79. The molecular formula is C14H19N3O. The monoisotopic (exact) mass is 245 g/mol. The molecule has 1 aromatic carbocycles. The van der Waals surface area contributed by atoms with Crippen molar-refractivity contribution in [3.63, 3.8) is 0 Å². The number of fused-ring (bicyclic) bond motifs is 1. The lowest BCUT2D eigenvalue weighted by Gasteiger charge is -2.34. The molecule has 1 aromatic rings. The van der Waals surface area contributed by atoms with E-state index < -0.39 is 0 Å². The van der Waals surface area contributed by atoms with Crippen molar-refractivity contribution in [1.82, 2.24) is 10.2 Å². The normalized spacial score (nSPS) is 24.5. The SMILES string of the molecule is CN1CCNCC1c1ccc2c(c1)CCC(=O)N2. The maximum absolute atomic E-state index is 11.3. The lowest BCUT2D eigenvalue weighted by molar-refractivity contribution is -0.116. The molecule has 2 N–H and O–H groups in total. The maximum atomic E-state index is 11.3. The topological polar surface area (TPSA) is 44.4 Å². The van der Waals surface area contributed by atoms with E-state index in [9.17, 15) is 4.79 Å². The first-order chi connectivity index (χ1) is 8.74. The van der Waals surface area contributed by atoms with Crippen LogP contribution in [0.15, 0.2) is 18.2 Å². The van der Waals surface area contributed by atoms with E-state index in [0.717, 1.165) is 31.7 Å². The molecule has 0 aliphatic carbocycles. The van der Waals surface area contributed by atoms with Gasteiger partial charge in [-0.25, -0.2) is 0 Å². The van der Waals surface area contributed by atoms with Gasteiger partial charge in [0, 0.05) is 37.8 Å². The molecule has 0 bridgehead atoms. The van der Waals surface area contributed by atoms with Gasteiger partial charge in [-0.05, 0) is 30.7 Å². The number of carbonyl (C=O) groups is 1. The third kappa shape index (κ3) is 2.13. The lowest BCUT2D eigenvalue weighted by atomic mass is 9.96. The summed E-state index contributed by atoms with van der Waals surface area (Å²) in [5.74, 6) is 0.131. The molecule has 0 radical (unpaired) electrons. The highest BCUT2D eigenvalue weighted by atomic mass is 16.1. The highest BCUT2D eigenvalue weighted by Crippen LogP contribution is 2.28. The van der Waals surface area contributed by atoms with Crippen LogP contribution in [-0.4, -0.2) is 37.5 Å². The van der Waals surface area contributed by atoms with Gasteiger partial charge >= 0.3 is 0 Å². The summed E-state index contributed by atoms with van der Waals surface area (Å²) in [6, 6.07) is 6.88. The summed E-state index contributed by atoms with van der Waals surface area (Å²) in [5, 5.41) is 6.37. The molecular weight excluding hydrogens is 226 g/mol. The van der Waals surface area contributed by atoms with E-state index in [0.29, 0.717) is 12.5 Å². The van der Waals surface area contributed by atoms with Gasteiger partial charge in [-0.2, -0.15) is 0 Å². The molecule has 0 aromatic heterocycles. The number of aryl methyl sites for hydroxylation is 1. The van der Waals surface area contributed by atoms with Crippen LogP contribution in [-0.2, 0) is 11.2 Å². The van der Waals surface area contributed by atoms with Gasteiger partial charge in [0.2, 0.25) is 5.91 Å². The molecule has 2 heterocycles. The number of carbonyl (C=O) groups excluding carboxylic acids is 1. The van der Waals surface area contributed by atoms with Crippen LogP contribution in [0, 0.1) is 0 Å². The number of hydrogen-bond donors (Lipinski definition) is 2. The average molecular weight is 245 g/mol. The zero-order valence-corrected chi connectivity index (χ0v) is 10.7. The van der Waals surface area contributed by atoms with Crippen LogP contribution in [0.5, 0.6) is 0 Å². The fraction of sp³-hybridized carbons (Fsp3) is 0.500. The first-order valence-corrected chi connectivity index (χ1v) is 6.57. The molecule has 18 heavy (non-hydrogen) atoms. The number of rotatable bonds is 1. The Labute approximate surface area is 107 Å². The molecule has 0 spiro atoms. The number of hydrogen-bond acceptors (Lipinski definition) is 3. The number of anilines is 1. The molecule has 1 unspecified atom stereocenters. The standard InChI is InChI=1S/C14H19N3O/c1-17-7-6-15-9-13(17)11-2-4-12-10(8-11)3-5-14(18)16-12/h2,4,8,13,15H,3,5-7,9H2,1H3,(H,16,18). The predicted octanol–water partition coefficient (Wildman–Crippen LogP) is 1.15. The molecule has 4 heteroatoms. The Balaban J connectivity index is 1.87. The molecule has 3 rings (SSSR count). The molecule has 1 saturated heterocycles. The molecule has 1 fully saturated rings. The van der Waals surface area contributed by atoms with Gasteiger partial charge in [-0.3, -0.25) is 9.69 Å². The van der Waals surface area contributed by atoms with Gasteiger partial charge in [0.05, 0.1) is 0 Å². The summed E-state index contributed by atoms with van der Waals surface area (Å²) in [6.45, 7) is 3.15. The molecule has 96 valence electrons. The Morgan fingerprint density at radius 3 is 3.06 bits per heavy atom. The number of nitrogens with zero attached hydrogens (tertiary/aromatic N) is 1. The van der Waals surface area contributed by atoms with Crippen molar-refractivity contribution in [1.29, 1.82) is 0 Å². The van der Waals surface area contributed by atoms with Crippen LogP contribution in [0.25, 0.3) is 0 Å². The van der Waals surface area contributed by atoms with Crippen molar-refractivity contribution in [2.45, 2.75) is 18.9 Å². The van der Waals surface area contributed by atoms with Gasteiger partial charge in [-0.15, -0.1) is 0 Å². The largest absolute Gasteiger partial charge is 0.326 e. The van der Waals surface area contributed by atoms with E-state index in [-0.39, 0.29) is 5.91 Å². The summed E-state index contributed by atoms with van der Waals surface area (Å²) in [4.78, 5) is 13.7. The van der Waals surface area contributed by atoms with E-state index in [1.807, 2.05) is 6.07 Å². The molecule has 2 aliphatic rings. The Bertz CT molecular complexity index is 472. The third-order valence-electron chi connectivity index (χ3n) is 3.92. The zero-order valence-electron chi connectivity index (χ0n) is 10.7. The zero-order chi connectivity index (χ0) is 12.5. The number of benzene rings is 1. The fourth-order valence-corrected chi connectivity index (χ4v) is 2.79. The van der Waals surface area contributed by atoms with E-state index in [2.05, 4.69) is 34.7 Å². The summed E-state index contributed by atoms with van der Waals surface area (Å²) >= 11 is 0. The van der Waals surface area contributed by atoms with Crippen LogP contribution in [0.3, 0.4) is 0 Å². The summed E-state index contributed by atoms with van der Waals surface area (Å²) < 4.78 is 0. The minimum atomic E-state index is 0.131. The van der Waals surface area contributed by atoms with Crippen molar-refractivity contribution < 1.29 is 4.79 Å². The molecule has 4 nitrogen and oxygen atoms in total. The number of amides is 1. The van der Waals surface area contributed by atoms with E-state index in [1.54, 1.807) is 0 Å². The minimum Gasteiger partial charge on any atom is -0.326 e. The summed E-state index contributed by atoms with van der Waals surface area (Å²) in [5.41, 5.74) is 3.60. The van der Waals surface area contributed by atoms with Gasteiger partial charge < -0.3 is 10.6 Å². The number of nitrogens with one attached hydrogen (secondary N) is 2. The van der Waals surface area contributed by atoms with Gasteiger partial charge in [0.15, 0.2) is 0 Å². The Hall–Kier alpha value is -1.39. The Morgan fingerprint density at radius 1 is 1.33 bits per heavy atom.